The van der Waals surface area contributed by atoms with Gasteiger partial charge in [0.05, 0.1) is 12.6 Å². The summed E-state index contributed by atoms with van der Waals surface area (Å²) in [6.07, 6.45) is 3.21. The maximum Gasteiger partial charge on any atom is 0.0910 e. The fourth-order valence-corrected chi connectivity index (χ4v) is 2.83. The zero-order valence-corrected chi connectivity index (χ0v) is 11.1. The molecule has 0 saturated carbocycles. The third-order valence-corrected chi connectivity index (χ3v) is 3.69. The molecule has 0 radical (unpaired) electrons. The predicted molar refractivity (Wildman–Crippen MR) is 75.3 cm³/mol. The summed E-state index contributed by atoms with van der Waals surface area (Å²) < 4.78 is 1.77. The quantitative estimate of drug-likeness (QED) is 0.909. The Morgan fingerprint density at radius 2 is 2.16 bits per heavy atom. The molecular formula is C15H19N3O. The van der Waals surface area contributed by atoms with Crippen molar-refractivity contribution in [3.05, 3.63) is 48.3 Å². The summed E-state index contributed by atoms with van der Waals surface area (Å²) >= 11 is 0. The van der Waals surface area contributed by atoms with E-state index in [-0.39, 0.29) is 0 Å². The lowest BCUT2D eigenvalue weighted by atomic mass is 10.0. The Balaban J connectivity index is 1.68. The summed E-state index contributed by atoms with van der Waals surface area (Å²) in [6.45, 7) is 4.41. The fourth-order valence-electron chi connectivity index (χ4n) is 2.83. The number of hydrogen-bond acceptors (Lipinski definition) is 3. The first-order valence-electron chi connectivity index (χ1n) is 6.73. The van der Waals surface area contributed by atoms with E-state index in [1.807, 2.05) is 12.3 Å². The second kappa shape index (κ2) is 5.05. The molecule has 4 nitrogen and oxygen atoms in total. The molecule has 4 heteroatoms. The normalized spacial score (nSPS) is 19.5. The van der Waals surface area contributed by atoms with Crippen LogP contribution in [0.25, 0.3) is 0 Å². The standard InChI is InChI=1S/C15H19N3O/c1-12-9-17(15-6-3-2-5-14(12)15)10-13(19)11-18-8-4-7-16-18/h2-8,12-13,19H,9-11H2,1H3/t12-,13+/m1/s1. The van der Waals surface area contributed by atoms with Crippen LogP contribution in [-0.4, -0.2) is 34.1 Å². The van der Waals surface area contributed by atoms with E-state index in [4.69, 9.17) is 0 Å². The van der Waals surface area contributed by atoms with Crippen LogP contribution in [0.5, 0.6) is 0 Å². The van der Waals surface area contributed by atoms with E-state index >= 15 is 0 Å². The van der Waals surface area contributed by atoms with Crippen molar-refractivity contribution >= 4 is 5.69 Å². The second-order valence-corrected chi connectivity index (χ2v) is 5.25. The smallest absolute Gasteiger partial charge is 0.0910 e. The lowest BCUT2D eigenvalue weighted by Gasteiger charge is -2.23. The largest absolute Gasteiger partial charge is 0.389 e. The summed E-state index contributed by atoms with van der Waals surface area (Å²) in [7, 11) is 0. The van der Waals surface area contributed by atoms with Crippen LogP contribution in [0.3, 0.4) is 0 Å². The van der Waals surface area contributed by atoms with Crippen LogP contribution >= 0.6 is 0 Å². The maximum absolute atomic E-state index is 10.2. The summed E-state index contributed by atoms with van der Waals surface area (Å²) in [5.41, 5.74) is 2.64. The Hall–Kier alpha value is -1.81. The number of aromatic nitrogens is 2. The number of benzene rings is 1. The highest BCUT2D eigenvalue weighted by Crippen LogP contribution is 2.35. The Kier molecular flexibility index (Phi) is 3.25. The molecule has 2 heterocycles. The molecule has 1 aliphatic rings. The summed E-state index contributed by atoms with van der Waals surface area (Å²) in [5, 5.41) is 14.3. The number of aliphatic hydroxyl groups excluding tert-OH is 1. The Morgan fingerprint density at radius 3 is 2.95 bits per heavy atom. The fraction of sp³-hybridized carbons (Fsp3) is 0.400. The molecule has 0 amide bonds. The number of fused-ring (bicyclic) bond motifs is 1. The van der Waals surface area contributed by atoms with Crippen molar-refractivity contribution in [3.63, 3.8) is 0 Å². The lowest BCUT2D eigenvalue weighted by molar-refractivity contribution is 0.155. The minimum Gasteiger partial charge on any atom is -0.389 e. The van der Waals surface area contributed by atoms with Crippen molar-refractivity contribution in [1.82, 2.24) is 9.78 Å². The van der Waals surface area contributed by atoms with E-state index in [2.05, 4.69) is 41.2 Å². The number of nitrogens with zero attached hydrogens (tertiary/aromatic N) is 3. The van der Waals surface area contributed by atoms with Gasteiger partial charge in [0.25, 0.3) is 0 Å². The van der Waals surface area contributed by atoms with Gasteiger partial charge >= 0.3 is 0 Å². The average molecular weight is 257 g/mol. The molecule has 0 aliphatic carbocycles. The molecule has 1 N–H and O–H groups in total. The predicted octanol–water partition coefficient (Wildman–Crippen LogP) is 1.87. The van der Waals surface area contributed by atoms with Crippen LogP contribution in [0.1, 0.15) is 18.4 Å². The monoisotopic (exact) mass is 257 g/mol. The molecule has 0 bridgehead atoms. The highest BCUT2D eigenvalue weighted by molar-refractivity contribution is 5.59. The Morgan fingerprint density at radius 1 is 1.32 bits per heavy atom. The molecule has 0 unspecified atom stereocenters. The van der Waals surface area contributed by atoms with Crippen molar-refractivity contribution in [2.75, 3.05) is 18.0 Å². The van der Waals surface area contributed by atoms with Crippen LogP contribution < -0.4 is 4.90 Å². The molecule has 100 valence electrons. The second-order valence-electron chi connectivity index (χ2n) is 5.25. The number of anilines is 1. The van der Waals surface area contributed by atoms with Gasteiger partial charge in [0, 0.05) is 37.1 Å². The highest BCUT2D eigenvalue weighted by atomic mass is 16.3. The van der Waals surface area contributed by atoms with Crippen LogP contribution in [0.2, 0.25) is 0 Å². The molecule has 2 atom stereocenters. The average Bonchev–Trinajstić information content (AvgIpc) is 3.00. The van der Waals surface area contributed by atoms with Gasteiger partial charge in [-0.1, -0.05) is 25.1 Å². The van der Waals surface area contributed by atoms with E-state index in [1.165, 1.54) is 11.3 Å². The number of aliphatic hydroxyl groups is 1. The van der Waals surface area contributed by atoms with Gasteiger partial charge in [0.2, 0.25) is 0 Å². The zero-order valence-electron chi connectivity index (χ0n) is 11.1. The Labute approximate surface area is 113 Å². The minimum absolute atomic E-state index is 0.404. The minimum atomic E-state index is -0.404. The molecule has 1 aromatic heterocycles. The van der Waals surface area contributed by atoms with E-state index in [0.29, 0.717) is 19.0 Å². The van der Waals surface area contributed by atoms with Gasteiger partial charge in [-0.15, -0.1) is 0 Å². The summed E-state index contributed by atoms with van der Waals surface area (Å²) in [6, 6.07) is 10.3. The lowest BCUT2D eigenvalue weighted by Crippen LogP contribution is -2.34. The molecule has 2 aromatic rings. The summed E-state index contributed by atoms with van der Waals surface area (Å²) in [5.74, 6) is 0.535. The third kappa shape index (κ3) is 2.49. The van der Waals surface area contributed by atoms with Crippen LogP contribution in [-0.2, 0) is 6.54 Å². The number of para-hydroxylation sites is 1. The molecule has 0 saturated heterocycles. The third-order valence-electron chi connectivity index (χ3n) is 3.69. The molecule has 1 aliphatic heterocycles. The molecule has 1 aromatic carbocycles. The van der Waals surface area contributed by atoms with E-state index in [9.17, 15) is 5.11 Å². The van der Waals surface area contributed by atoms with Crippen molar-refractivity contribution < 1.29 is 5.11 Å². The maximum atomic E-state index is 10.2. The number of β-amino-alcohol motifs (C(OH)–C–C–N with tert-alkyl or cyclic N) is 1. The molecule has 3 rings (SSSR count). The molecule has 0 spiro atoms. The SMILES string of the molecule is C[C@@H]1CN(C[C@H](O)Cn2cccn2)c2ccccc21. The first kappa shape index (κ1) is 12.2. The van der Waals surface area contributed by atoms with E-state index < -0.39 is 6.10 Å². The van der Waals surface area contributed by atoms with Gasteiger partial charge in [-0.05, 0) is 17.7 Å². The molecular weight excluding hydrogens is 238 g/mol. The van der Waals surface area contributed by atoms with Gasteiger partial charge in [0.1, 0.15) is 0 Å². The first-order valence-corrected chi connectivity index (χ1v) is 6.73. The van der Waals surface area contributed by atoms with Crippen LogP contribution in [0.15, 0.2) is 42.7 Å². The number of hydrogen-bond donors (Lipinski definition) is 1. The van der Waals surface area contributed by atoms with Gasteiger partial charge in [0.15, 0.2) is 0 Å². The van der Waals surface area contributed by atoms with Crippen molar-refractivity contribution in [2.24, 2.45) is 0 Å². The van der Waals surface area contributed by atoms with Crippen LogP contribution in [0.4, 0.5) is 5.69 Å². The summed E-state index contributed by atoms with van der Waals surface area (Å²) in [4.78, 5) is 2.27. The molecule has 0 fully saturated rings. The topological polar surface area (TPSA) is 41.3 Å². The van der Waals surface area contributed by atoms with Crippen molar-refractivity contribution in [3.8, 4) is 0 Å². The van der Waals surface area contributed by atoms with Gasteiger partial charge in [-0.3, -0.25) is 4.68 Å². The first-order chi connectivity index (χ1) is 9.24. The zero-order chi connectivity index (χ0) is 13.2. The van der Waals surface area contributed by atoms with Crippen molar-refractivity contribution in [2.45, 2.75) is 25.5 Å². The number of rotatable bonds is 4. The van der Waals surface area contributed by atoms with E-state index in [1.54, 1.807) is 10.9 Å². The van der Waals surface area contributed by atoms with Gasteiger partial charge in [-0.25, -0.2) is 0 Å². The highest BCUT2D eigenvalue weighted by Gasteiger charge is 2.26. The van der Waals surface area contributed by atoms with Gasteiger partial charge in [-0.2, -0.15) is 5.10 Å². The van der Waals surface area contributed by atoms with Crippen LogP contribution in [0, 0.1) is 0 Å². The molecule has 19 heavy (non-hydrogen) atoms. The van der Waals surface area contributed by atoms with Crippen molar-refractivity contribution in [1.29, 1.82) is 0 Å². The Bertz CT molecular complexity index is 538. The van der Waals surface area contributed by atoms with E-state index in [0.717, 1.165) is 6.54 Å². The van der Waals surface area contributed by atoms with Gasteiger partial charge < -0.3 is 10.0 Å².